The first-order valence-electron chi connectivity index (χ1n) is 10.1. The summed E-state index contributed by atoms with van der Waals surface area (Å²) in [6.45, 7) is 6.46. The van der Waals surface area contributed by atoms with Crippen LogP contribution in [0.3, 0.4) is 0 Å². The maximum absolute atomic E-state index is 12.7. The molecule has 0 saturated heterocycles. The Kier molecular flexibility index (Phi) is 5.73. The summed E-state index contributed by atoms with van der Waals surface area (Å²) in [4.78, 5) is 20.6. The molecule has 0 aliphatic heterocycles. The summed E-state index contributed by atoms with van der Waals surface area (Å²) < 4.78 is 22.0. The number of halogens is 1. The molecule has 0 atom stereocenters. The number of amides is 1. The molecule has 32 heavy (non-hydrogen) atoms. The van der Waals surface area contributed by atoms with Gasteiger partial charge in [0, 0.05) is 6.07 Å². The van der Waals surface area contributed by atoms with Gasteiger partial charge in [-0.3, -0.25) is 4.79 Å². The third-order valence-corrected chi connectivity index (χ3v) is 5.77. The molecule has 4 rings (SSSR count). The second-order valence-corrected chi connectivity index (χ2v) is 8.56. The van der Waals surface area contributed by atoms with Gasteiger partial charge in [-0.15, -0.1) is 0 Å². The van der Waals surface area contributed by atoms with Crippen LogP contribution in [0, 0.1) is 6.92 Å². The molecule has 0 saturated carbocycles. The van der Waals surface area contributed by atoms with Crippen molar-refractivity contribution in [2.24, 2.45) is 0 Å². The predicted octanol–water partition coefficient (Wildman–Crippen LogP) is 5.32. The van der Waals surface area contributed by atoms with Crippen LogP contribution in [-0.4, -0.2) is 30.1 Å². The van der Waals surface area contributed by atoms with Crippen LogP contribution >= 0.6 is 11.6 Å². The number of carbonyl (C=O) groups is 1. The molecule has 8 nitrogen and oxygen atoms in total. The van der Waals surface area contributed by atoms with E-state index in [9.17, 15) is 4.79 Å². The van der Waals surface area contributed by atoms with Gasteiger partial charge in [0.1, 0.15) is 5.75 Å². The van der Waals surface area contributed by atoms with E-state index in [1.165, 1.54) is 31.4 Å². The van der Waals surface area contributed by atoms with Crippen LogP contribution in [0.1, 0.15) is 47.5 Å². The number of aromatic nitrogens is 2. The first-order chi connectivity index (χ1) is 15.2. The lowest BCUT2D eigenvalue weighted by Crippen LogP contribution is -2.14. The van der Waals surface area contributed by atoms with Crippen molar-refractivity contribution in [1.82, 2.24) is 9.97 Å². The zero-order chi connectivity index (χ0) is 23.0. The third kappa shape index (κ3) is 4.10. The van der Waals surface area contributed by atoms with Crippen LogP contribution < -0.4 is 19.5 Å². The van der Waals surface area contributed by atoms with Crippen molar-refractivity contribution in [2.45, 2.75) is 39.0 Å². The SMILES string of the molecule is COc1nc(Cl)nc(OC)c1NC(=O)c1ccc(Oc2cc3c(cc2C)CCC3(C)C)o1. The van der Waals surface area contributed by atoms with E-state index in [0.717, 1.165) is 18.4 Å². The number of hydrogen-bond acceptors (Lipinski definition) is 7. The first-order valence-corrected chi connectivity index (χ1v) is 10.5. The Morgan fingerprint density at radius 3 is 2.50 bits per heavy atom. The fourth-order valence-corrected chi connectivity index (χ4v) is 4.01. The van der Waals surface area contributed by atoms with Gasteiger partial charge in [-0.2, -0.15) is 9.97 Å². The van der Waals surface area contributed by atoms with Gasteiger partial charge in [0.25, 0.3) is 11.9 Å². The summed E-state index contributed by atoms with van der Waals surface area (Å²) in [6, 6.07) is 7.35. The number of furan rings is 1. The van der Waals surface area contributed by atoms with Gasteiger partial charge in [0.15, 0.2) is 11.4 Å². The molecule has 1 aliphatic carbocycles. The minimum atomic E-state index is -0.547. The van der Waals surface area contributed by atoms with Crippen molar-refractivity contribution < 1.29 is 23.4 Å². The molecule has 3 aromatic rings. The maximum Gasteiger partial charge on any atom is 0.291 e. The molecule has 1 amide bonds. The van der Waals surface area contributed by atoms with Crippen molar-refractivity contribution in [1.29, 1.82) is 0 Å². The quantitative estimate of drug-likeness (QED) is 0.500. The average molecular weight is 458 g/mol. The highest BCUT2D eigenvalue weighted by Crippen LogP contribution is 2.42. The number of rotatable bonds is 6. The maximum atomic E-state index is 12.7. The summed E-state index contributed by atoms with van der Waals surface area (Å²) in [7, 11) is 2.79. The highest BCUT2D eigenvalue weighted by Gasteiger charge is 2.31. The predicted molar refractivity (Wildman–Crippen MR) is 119 cm³/mol. The average Bonchev–Trinajstić information content (AvgIpc) is 3.33. The summed E-state index contributed by atoms with van der Waals surface area (Å²) in [5.41, 5.74) is 3.89. The number of carbonyl (C=O) groups excluding carboxylic acids is 1. The van der Waals surface area contributed by atoms with Gasteiger partial charge in [-0.05, 0) is 65.6 Å². The molecule has 2 heterocycles. The fraction of sp³-hybridized carbons (Fsp3) is 0.348. The lowest BCUT2D eigenvalue weighted by atomic mass is 9.86. The Hall–Kier alpha value is -3.26. The number of fused-ring (bicyclic) bond motifs is 1. The topological polar surface area (TPSA) is 95.7 Å². The third-order valence-electron chi connectivity index (χ3n) is 5.61. The molecular formula is C23H24ClN3O5. The Morgan fingerprint density at radius 2 is 1.84 bits per heavy atom. The molecular weight excluding hydrogens is 434 g/mol. The van der Waals surface area contributed by atoms with Crippen LogP contribution in [-0.2, 0) is 11.8 Å². The zero-order valence-corrected chi connectivity index (χ0v) is 19.3. The van der Waals surface area contributed by atoms with Gasteiger partial charge in [-0.25, -0.2) is 0 Å². The molecule has 168 valence electrons. The van der Waals surface area contributed by atoms with Gasteiger partial charge in [-0.1, -0.05) is 19.9 Å². The Bertz CT molecular complexity index is 1160. The van der Waals surface area contributed by atoms with E-state index in [1.807, 2.05) is 6.92 Å². The van der Waals surface area contributed by atoms with E-state index in [2.05, 4.69) is 41.3 Å². The molecule has 1 N–H and O–H groups in total. The highest BCUT2D eigenvalue weighted by molar-refractivity contribution is 6.28. The summed E-state index contributed by atoms with van der Waals surface area (Å²) >= 11 is 5.85. The fourth-order valence-electron chi connectivity index (χ4n) is 3.86. The Labute approximate surface area is 190 Å². The van der Waals surface area contributed by atoms with E-state index < -0.39 is 5.91 Å². The number of anilines is 1. The van der Waals surface area contributed by atoms with E-state index in [0.29, 0.717) is 5.75 Å². The first kappa shape index (κ1) is 22.0. The van der Waals surface area contributed by atoms with E-state index in [4.69, 9.17) is 30.2 Å². The van der Waals surface area contributed by atoms with Gasteiger partial charge in [0.2, 0.25) is 17.0 Å². The number of nitrogens with one attached hydrogen (secondary N) is 1. The van der Waals surface area contributed by atoms with Crippen molar-refractivity contribution in [3.05, 3.63) is 52.0 Å². The van der Waals surface area contributed by atoms with E-state index in [1.54, 1.807) is 6.07 Å². The number of aryl methyl sites for hydroxylation is 2. The molecule has 0 unspecified atom stereocenters. The van der Waals surface area contributed by atoms with Crippen LogP contribution in [0.2, 0.25) is 5.28 Å². The van der Waals surface area contributed by atoms with Crippen molar-refractivity contribution in [3.63, 3.8) is 0 Å². The monoisotopic (exact) mass is 457 g/mol. The largest absolute Gasteiger partial charge is 0.479 e. The molecule has 0 fully saturated rings. The van der Waals surface area contributed by atoms with Gasteiger partial charge >= 0.3 is 0 Å². The highest BCUT2D eigenvalue weighted by atomic mass is 35.5. The lowest BCUT2D eigenvalue weighted by Gasteiger charge is -2.20. The molecule has 0 radical (unpaired) electrons. The number of hydrogen-bond donors (Lipinski definition) is 1. The van der Waals surface area contributed by atoms with Gasteiger partial charge < -0.3 is 23.9 Å². The zero-order valence-electron chi connectivity index (χ0n) is 18.5. The minimum Gasteiger partial charge on any atom is -0.479 e. The van der Waals surface area contributed by atoms with Crippen LogP contribution in [0.5, 0.6) is 23.5 Å². The van der Waals surface area contributed by atoms with Crippen molar-refractivity contribution in [3.8, 4) is 23.5 Å². The van der Waals surface area contributed by atoms with E-state index >= 15 is 0 Å². The van der Waals surface area contributed by atoms with Crippen LogP contribution in [0.25, 0.3) is 0 Å². The standard InChI is InChI=1S/C23H24ClN3O5/c1-12-10-13-8-9-23(2,3)14(13)11-16(12)32-17-7-6-15(31-17)19(28)25-18-20(29-4)26-22(24)27-21(18)30-5/h6-7,10-11H,8-9H2,1-5H3,(H,25,28). The molecule has 0 spiro atoms. The smallest absolute Gasteiger partial charge is 0.291 e. The number of benzene rings is 1. The number of nitrogens with zero attached hydrogens (tertiary/aromatic N) is 2. The normalized spacial score (nSPS) is 14.1. The van der Waals surface area contributed by atoms with Crippen molar-refractivity contribution in [2.75, 3.05) is 19.5 Å². The lowest BCUT2D eigenvalue weighted by molar-refractivity contribution is 0.0990. The van der Waals surface area contributed by atoms with Gasteiger partial charge in [0.05, 0.1) is 14.2 Å². The molecule has 1 aliphatic rings. The second-order valence-electron chi connectivity index (χ2n) is 8.22. The summed E-state index contributed by atoms with van der Waals surface area (Å²) in [5.74, 6) is 0.534. The van der Waals surface area contributed by atoms with E-state index in [-0.39, 0.29) is 39.9 Å². The molecule has 9 heteroatoms. The van der Waals surface area contributed by atoms with Crippen LogP contribution in [0.4, 0.5) is 5.69 Å². The molecule has 2 aromatic heterocycles. The molecule has 1 aromatic carbocycles. The molecule has 0 bridgehead atoms. The Morgan fingerprint density at radius 1 is 1.16 bits per heavy atom. The minimum absolute atomic E-state index is 0.0400. The second kappa shape index (κ2) is 8.35. The Balaban J connectivity index is 1.55. The number of methoxy groups -OCH3 is 2. The van der Waals surface area contributed by atoms with Crippen molar-refractivity contribution >= 4 is 23.2 Å². The summed E-state index contributed by atoms with van der Waals surface area (Å²) in [6.07, 6.45) is 2.17. The number of ether oxygens (including phenoxy) is 3. The summed E-state index contributed by atoms with van der Waals surface area (Å²) in [5, 5.41) is 2.56. The van der Waals surface area contributed by atoms with Crippen LogP contribution in [0.15, 0.2) is 28.7 Å².